The van der Waals surface area contributed by atoms with Gasteiger partial charge in [0.2, 0.25) is 5.91 Å². The number of nitrogens with one attached hydrogen (secondary N) is 1. The van der Waals surface area contributed by atoms with Gasteiger partial charge in [0.25, 0.3) is 0 Å². The SMILES string of the molecule is Cn1ccnc1C[C@H](NC(=O)[C@H]1C[C@H]1c1ccccc1)c1ccccc1. The lowest BCUT2D eigenvalue weighted by Crippen LogP contribution is -2.32. The Morgan fingerprint density at radius 1 is 1.15 bits per heavy atom. The standard InChI is InChI=1S/C22H23N3O/c1-25-13-12-23-21(25)15-20(17-10-6-3-7-11-17)24-22(26)19-14-18(19)16-8-4-2-5-9-16/h2-13,18-20H,14-15H2,1H3,(H,24,26)/t18-,19-,20-/m0/s1. The lowest BCUT2D eigenvalue weighted by molar-refractivity contribution is -0.123. The number of rotatable bonds is 6. The Morgan fingerprint density at radius 2 is 1.85 bits per heavy atom. The van der Waals surface area contributed by atoms with Gasteiger partial charge in [-0.25, -0.2) is 4.98 Å². The summed E-state index contributed by atoms with van der Waals surface area (Å²) in [5.74, 6) is 1.53. The van der Waals surface area contributed by atoms with Crippen molar-refractivity contribution in [2.75, 3.05) is 0 Å². The van der Waals surface area contributed by atoms with Crippen LogP contribution in [0.2, 0.25) is 0 Å². The highest BCUT2D eigenvalue weighted by Gasteiger charge is 2.44. The molecule has 1 fully saturated rings. The van der Waals surface area contributed by atoms with Crippen LogP contribution >= 0.6 is 0 Å². The van der Waals surface area contributed by atoms with Gasteiger partial charge in [0.1, 0.15) is 5.82 Å². The van der Waals surface area contributed by atoms with Gasteiger partial charge < -0.3 is 9.88 Å². The molecule has 2 aromatic carbocycles. The van der Waals surface area contributed by atoms with E-state index in [9.17, 15) is 4.79 Å². The first-order chi connectivity index (χ1) is 12.7. The molecule has 0 unspecified atom stereocenters. The molecule has 1 saturated carbocycles. The number of imidazole rings is 1. The maximum Gasteiger partial charge on any atom is 0.224 e. The van der Waals surface area contributed by atoms with Crippen LogP contribution < -0.4 is 5.32 Å². The zero-order chi connectivity index (χ0) is 17.9. The zero-order valence-corrected chi connectivity index (χ0v) is 14.9. The largest absolute Gasteiger partial charge is 0.349 e. The number of hydrogen-bond acceptors (Lipinski definition) is 2. The predicted molar refractivity (Wildman–Crippen MR) is 102 cm³/mol. The Bertz CT molecular complexity index is 873. The van der Waals surface area contributed by atoms with E-state index >= 15 is 0 Å². The molecular weight excluding hydrogens is 322 g/mol. The molecule has 0 spiro atoms. The molecule has 26 heavy (non-hydrogen) atoms. The van der Waals surface area contributed by atoms with E-state index in [1.54, 1.807) is 6.20 Å². The van der Waals surface area contributed by atoms with Crippen molar-refractivity contribution in [1.29, 1.82) is 0 Å². The van der Waals surface area contributed by atoms with Gasteiger partial charge in [-0.3, -0.25) is 4.79 Å². The molecule has 4 heteroatoms. The lowest BCUT2D eigenvalue weighted by atomic mass is 10.0. The van der Waals surface area contributed by atoms with Gasteiger partial charge in [-0.2, -0.15) is 0 Å². The Morgan fingerprint density at radius 3 is 2.50 bits per heavy atom. The molecule has 1 aliphatic carbocycles. The molecule has 4 nitrogen and oxygen atoms in total. The summed E-state index contributed by atoms with van der Waals surface area (Å²) < 4.78 is 2.01. The number of nitrogens with zero attached hydrogens (tertiary/aromatic N) is 2. The zero-order valence-electron chi connectivity index (χ0n) is 14.9. The van der Waals surface area contributed by atoms with E-state index in [1.807, 2.05) is 54.2 Å². The molecule has 1 heterocycles. The highest BCUT2D eigenvalue weighted by molar-refractivity contribution is 5.83. The summed E-state index contributed by atoms with van der Waals surface area (Å²) in [4.78, 5) is 17.3. The van der Waals surface area contributed by atoms with Crippen LogP contribution in [-0.2, 0) is 18.3 Å². The third kappa shape index (κ3) is 3.54. The number of aromatic nitrogens is 2. The molecule has 4 rings (SSSR count). The highest BCUT2D eigenvalue weighted by atomic mass is 16.2. The molecule has 1 aromatic heterocycles. The van der Waals surface area contributed by atoms with E-state index in [2.05, 4.69) is 34.6 Å². The van der Waals surface area contributed by atoms with Crippen molar-refractivity contribution in [2.45, 2.75) is 24.8 Å². The fourth-order valence-electron chi connectivity index (χ4n) is 3.55. The Kier molecular flexibility index (Phi) is 4.57. The molecule has 0 saturated heterocycles. The number of benzene rings is 2. The first kappa shape index (κ1) is 16.6. The average Bonchev–Trinajstić information content (AvgIpc) is 3.39. The van der Waals surface area contributed by atoms with E-state index in [0.717, 1.165) is 17.8 Å². The minimum absolute atomic E-state index is 0.0678. The lowest BCUT2D eigenvalue weighted by Gasteiger charge is -2.19. The molecule has 3 atom stereocenters. The monoisotopic (exact) mass is 345 g/mol. The smallest absolute Gasteiger partial charge is 0.224 e. The van der Waals surface area contributed by atoms with Gasteiger partial charge in [-0.05, 0) is 23.5 Å². The molecule has 0 aliphatic heterocycles. The second-order valence-electron chi connectivity index (χ2n) is 6.99. The fraction of sp³-hybridized carbons (Fsp3) is 0.273. The number of carbonyl (C=O) groups excluding carboxylic acids is 1. The van der Waals surface area contributed by atoms with Crippen LogP contribution in [0.3, 0.4) is 0 Å². The summed E-state index contributed by atoms with van der Waals surface area (Å²) in [7, 11) is 1.98. The first-order valence-corrected chi connectivity index (χ1v) is 9.09. The summed E-state index contributed by atoms with van der Waals surface area (Å²) in [6, 6.07) is 20.4. The first-order valence-electron chi connectivity index (χ1n) is 9.09. The quantitative estimate of drug-likeness (QED) is 0.742. The van der Waals surface area contributed by atoms with Crippen LogP contribution in [0.15, 0.2) is 73.1 Å². The summed E-state index contributed by atoms with van der Waals surface area (Å²) in [5, 5.41) is 3.27. The number of aryl methyl sites for hydroxylation is 1. The molecule has 1 aliphatic rings. The van der Waals surface area contributed by atoms with Crippen molar-refractivity contribution >= 4 is 5.91 Å². The highest BCUT2D eigenvalue weighted by Crippen LogP contribution is 2.47. The number of hydrogen-bond donors (Lipinski definition) is 1. The second-order valence-corrected chi connectivity index (χ2v) is 6.99. The predicted octanol–water partition coefficient (Wildman–Crippen LogP) is 3.62. The van der Waals surface area contributed by atoms with Crippen LogP contribution in [0.25, 0.3) is 0 Å². The van der Waals surface area contributed by atoms with Gasteiger partial charge in [0.05, 0.1) is 6.04 Å². The summed E-state index contributed by atoms with van der Waals surface area (Å²) in [6.45, 7) is 0. The van der Waals surface area contributed by atoms with Crippen molar-refractivity contribution in [2.24, 2.45) is 13.0 Å². The summed E-state index contributed by atoms with van der Waals surface area (Å²) in [5.41, 5.74) is 2.37. The van der Waals surface area contributed by atoms with E-state index in [4.69, 9.17) is 0 Å². The molecule has 0 bridgehead atoms. The van der Waals surface area contributed by atoms with Crippen LogP contribution in [0.5, 0.6) is 0 Å². The topological polar surface area (TPSA) is 46.9 Å². The summed E-state index contributed by atoms with van der Waals surface area (Å²) in [6.07, 6.45) is 5.35. The maximum absolute atomic E-state index is 12.8. The average molecular weight is 345 g/mol. The van der Waals surface area contributed by atoms with E-state index in [1.165, 1.54) is 5.56 Å². The van der Waals surface area contributed by atoms with E-state index in [-0.39, 0.29) is 17.9 Å². The van der Waals surface area contributed by atoms with Crippen LogP contribution in [0, 0.1) is 5.92 Å². The Labute approximate surface area is 153 Å². The molecular formula is C22H23N3O. The van der Waals surface area contributed by atoms with Crippen molar-refractivity contribution in [3.8, 4) is 0 Å². The molecule has 1 amide bonds. The van der Waals surface area contributed by atoms with E-state index in [0.29, 0.717) is 12.3 Å². The second kappa shape index (κ2) is 7.16. The van der Waals surface area contributed by atoms with Crippen molar-refractivity contribution < 1.29 is 4.79 Å². The Balaban J connectivity index is 1.48. The van der Waals surface area contributed by atoms with Gasteiger partial charge in [0.15, 0.2) is 0 Å². The third-order valence-electron chi connectivity index (χ3n) is 5.18. The molecule has 3 aromatic rings. The van der Waals surface area contributed by atoms with Gasteiger partial charge in [0, 0.05) is 31.8 Å². The van der Waals surface area contributed by atoms with Crippen molar-refractivity contribution in [1.82, 2.24) is 14.9 Å². The minimum atomic E-state index is -0.0678. The van der Waals surface area contributed by atoms with Gasteiger partial charge in [-0.15, -0.1) is 0 Å². The van der Waals surface area contributed by atoms with Crippen molar-refractivity contribution in [3.63, 3.8) is 0 Å². The maximum atomic E-state index is 12.8. The van der Waals surface area contributed by atoms with Crippen LogP contribution in [0.4, 0.5) is 0 Å². The molecule has 1 N–H and O–H groups in total. The van der Waals surface area contributed by atoms with Crippen LogP contribution in [0.1, 0.15) is 35.3 Å². The van der Waals surface area contributed by atoms with E-state index < -0.39 is 0 Å². The number of amides is 1. The van der Waals surface area contributed by atoms with Gasteiger partial charge in [-0.1, -0.05) is 60.7 Å². The fourth-order valence-corrected chi connectivity index (χ4v) is 3.55. The third-order valence-corrected chi connectivity index (χ3v) is 5.18. The van der Waals surface area contributed by atoms with Crippen LogP contribution in [-0.4, -0.2) is 15.5 Å². The summed E-state index contributed by atoms with van der Waals surface area (Å²) >= 11 is 0. The normalized spacial score (nSPS) is 19.7. The molecule has 0 radical (unpaired) electrons. The molecule has 132 valence electrons. The van der Waals surface area contributed by atoms with Gasteiger partial charge >= 0.3 is 0 Å². The van der Waals surface area contributed by atoms with Crippen molar-refractivity contribution in [3.05, 3.63) is 90.0 Å². The number of carbonyl (C=O) groups is 1. The Hall–Kier alpha value is -2.88. The minimum Gasteiger partial charge on any atom is -0.349 e.